The normalized spacial score (nSPS) is 15.1. The molecule has 0 radical (unpaired) electrons. The zero-order valence-electron chi connectivity index (χ0n) is 60.1. The van der Waals surface area contributed by atoms with Gasteiger partial charge < -0.3 is 109 Å². The quantitative estimate of drug-likeness (QED) is 0.0196. The van der Waals surface area contributed by atoms with Crippen molar-refractivity contribution in [2.45, 2.75) is 171 Å². The molecule has 20 N–H and O–H groups in total. The highest BCUT2D eigenvalue weighted by Crippen LogP contribution is 2.57. The molecular weight excluding hydrogens is 1460 g/mol. The van der Waals surface area contributed by atoms with Crippen molar-refractivity contribution in [3.63, 3.8) is 0 Å². The van der Waals surface area contributed by atoms with E-state index in [2.05, 4.69) is 58.2 Å². The summed E-state index contributed by atoms with van der Waals surface area (Å²) in [5.41, 5.74) is 6.22. The Kier molecular flexibility index (Phi) is 29.7. The number of H-pyrrole nitrogens is 1. The Morgan fingerprint density at radius 1 is 0.541 bits per heavy atom. The SMILES string of the molecule is CSCC[C@H](NC(=O)[C@@H](NC(=O)[C@@H](NC(=O)[C@H](CCC(=O)O)NC(=O)[C@H](Cc1c[nH]c2ccccc12)NC(=O)[C@H](CCC(=O)O)NC(=O)[C@H](CCC(=O)O)NC(=O)[C@H](CCC(N)=O)NC(=O)[C@H](CC(C)C)NC(=S)Nc1ccc2c(c1)C(=O)OC21c2ccc(O)cc2Oc2cc(O)ccc21)[C@@H](C)O)C(C)C)C(=O)O. The number of carboxylic acid groups (broad SMARTS) is 4. The number of esters is 1. The summed E-state index contributed by atoms with van der Waals surface area (Å²) in [4.78, 5) is 192. The van der Waals surface area contributed by atoms with Crippen molar-refractivity contribution in [3.8, 4) is 23.0 Å². The maximum Gasteiger partial charge on any atom is 0.340 e. The number of carbonyl (C=O) groups excluding carboxylic acids is 10. The number of thiocarbonyl (C=S) groups is 1. The fraction of sp³-hybridized carbons (Fsp3) is 0.431. The molecule has 5 aromatic rings. The van der Waals surface area contributed by atoms with E-state index in [-0.39, 0.29) is 58.1 Å². The first kappa shape index (κ1) is 84.7. The summed E-state index contributed by atoms with van der Waals surface area (Å²) < 4.78 is 12.2. The first-order valence-electron chi connectivity index (χ1n) is 34.6. The molecule has 0 saturated heterocycles. The van der Waals surface area contributed by atoms with Crippen LogP contribution in [0.4, 0.5) is 5.69 Å². The zero-order chi connectivity index (χ0) is 80.3. The third-order valence-corrected chi connectivity index (χ3v) is 18.6. The number of aromatic hydroxyl groups is 2. The highest BCUT2D eigenvalue weighted by Gasteiger charge is 2.54. The molecule has 2 aliphatic rings. The minimum atomic E-state index is -1.95. The lowest BCUT2D eigenvalue weighted by atomic mass is 9.77. The average Bonchev–Trinajstić information content (AvgIpc) is 1.58. The number of aliphatic hydroxyl groups excluding tert-OH is 1. The second-order valence-corrected chi connectivity index (χ2v) is 28.3. The van der Waals surface area contributed by atoms with Gasteiger partial charge in [0.15, 0.2) is 10.7 Å². The maximum atomic E-state index is 14.8. The second-order valence-electron chi connectivity index (χ2n) is 26.9. The smallest absolute Gasteiger partial charge is 0.340 e. The molecule has 4 aromatic carbocycles. The Bertz CT molecular complexity index is 4250. The standard InChI is InChI=1S/C72H88N12O23S2/c1-33(2)27-51(82-71(108)75-37-11-14-42-41(29-37)70(105)107-72(42)43-15-12-38(86)30-53(43)106-54-31-39(87)13-16-44(54)72)65(99)78-46(17-21-55(73)88)61(95)76-47(18-22-56(89)90)62(96)77-48(19-23-57(91)92)63(97)81-52(28-36-32-74-45-10-8-7-9-40(36)45)66(100)79-49(20-24-58(93)94)64(98)84-60(35(5)85)68(102)83-59(34(3)4)67(101)80-50(69(103)104)25-26-109-6/h7-16,29-35,46-52,59-60,74,85-87H,17-28H2,1-6H3,(H2,73,88)(H,76,95)(H,77,96)(H,78,99)(H,79,100)(H,80,101)(H,81,97)(H,83,102)(H,84,98)(H,89,90)(H,91,92)(H,93,94)(H,103,104)(H2,75,82,108)/t35-,46+,47+,48+,49+,50+,51+,52+,59+,60+/m1/s1. The number of hydrogen-bond acceptors (Lipinski definition) is 21. The summed E-state index contributed by atoms with van der Waals surface area (Å²) in [5, 5.41) is 96.2. The van der Waals surface area contributed by atoms with Crippen LogP contribution in [0, 0.1) is 11.8 Å². The van der Waals surface area contributed by atoms with Crippen LogP contribution in [-0.4, -0.2) is 201 Å². The van der Waals surface area contributed by atoms with Crippen LogP contribution in [0.1, 0.15) is 131 Å². The number of aliphatic carboxylic acids is 4. The Morgan fingerprint density at radius 2 is 1.00 bits per heavy atom. The molecule has 109 heavy (non-hydrogen) atoms. The summed E-state index contributed by atoms with van der Waals surface area (Å²) in [6, 6.07) is 4.52. The molecular formula is C72H88N12O23S2. The third kappa shape index (κ3) is 22.7. The largest absolute Gasteiger partial charge is 0.508 e. The molecule has 0 bridgehead atoms. The van der Waals surface area contributed by atoms with Crippen molar-refractivity contribution in [2.75, 3.05) is 17.3 Å². The van der Waals surface area contributed by atoms with Crippen molar-refractivity contribution in [3.05, 3.63) is 113 Å². The summed E-state index contributed by atoms with van der Waals surface area (Å²) >= 11 is 7.00. The second kappa shape index (κ2) is 38.3. The van der Waals surface area contributed by atoms with Crippen LogP contribution in [0.5, 0.6) is 23.0 Å². The summed E-state index contributed by atoms with van der Waals surface area (Å²) in [7, 11) is 0. The van der Waals surface area contributed by atoms with E-state index in [9.17, 15) is 103 Å². The monoisotopic (exact) mass is 1550 g/mol. The van der Waals surface area contributed by atoms with E-state index >= 15 is 0 Å². The molecule has 35 nitrogen and oxygen atoms in total. The lowest BCUT2D eigenvalue weighted by Crippen LogP contribution is -2.62. The Hall–Kier alpha value is -11.6. The molecule has 3 heterocycles. The van der Waals surface area contributed by atoms with E-state index in [1.807, 2.05) is 0 Å². The first-order chi connectivity index (χ1) is 51.5. The number of phenolic OH excluding ortho intramolecular Hbond substituents is 2. The molecule has 7 rings (SSSR count). The maximum absolute atomic E-state index is 14.8. The van der Waals surface area contributed by atoms with Crippen LogP contribution >= 0.6 is 24.0 Å². The van der Waals surface area contributed by atoms with Crippen LogP contribution in [0.3, 0.4) is 0 Å². The number of thioether (sulfide) groups is 1. The molecule has 1 spiro atoms. The van der Waals surface area contributed by atoms with E-state index in [1.54, 1.807) is 56.5 Å². The highest BCUT2D eigenvalue weighted by atomic mass is 32.2. The number of rotatable bonds is 40. The number of aromatic amines is 1. The van der Waals surface area contributed by atoms with Crippen molar-refractivity contribution in [1.29, 1.82) is 0 Å². The van der Waals surface area contributed by atoms with Crippen LogP contribution in [0.15, 0.2) is 85.1 Å². The number of amides is 9. The molecule has 586 valence electrons. The molecule has 0 aliphatic carbocycles. The highest BCUT2D eigenvalue weighted by molar-refractivity contribution is 7.98. The number of hydrogen-bond donors (Lipinski definition) is 19. The Labute approximate surface area is 633 Å². The van der Waals surface area contributed by atoms with Gasteiger partial charge in [0.05, 0.1) is 11.7 Å². The van der Waals surface area contributed by atoms with Gasteiger partial charge in [-0.1, -0.05) is 52.0 Å². The van der Waals surface area contributed by atoms with Crippen molar-refractivity contribution >= 4 is 129 Å². The number of aromatic nitrogens is 1. The summed E-state index contributed by atoms with van der Waals surface area (Å²) in [5.74, 6) is -17.3. The average molecular weight is 1550 g/mol. The van der Waals surface area contributed by atoms with Gasteiger partial charge in [-0.05, 0) is 130 Å². The molecule has 9 amide bonds. The number of primary amides is 1. The molecule has 0 saturated carbocycles. The molecule has 0 unspecified atom stereocenters. The number of carbonyl (C=O) groups is 14. The van der Waals surface area contributed by atoms with E-state index in [4.69, 9.17) is 27.4 Å². The predicted molar refractivity (Wildman–Crippen MR) is 394 cm³/mol. The Balaban J connectivity index is 1.10. The number of para-hydroxylation sites is 1. The van der Waals surface area contributed by atoms with E-state index in [1.165, 1.54) is 74.3 Å². The van der Waals surface area contributed by atoms with Crippen molar-refractivity contribution < 1.29 is 112 Å². The molecule has 0 fully saturated rings. The first-order valence-corrected chi connectivity index (χ1v) is 36.4. The van der Waals surface area contributed by atoms with Gasteiger partial charge in [0, 0.05) is 83.7 Å². The number of carboxylic acids is 4. The number of fused-ring (bicyclic) bond motifs is 7. The molecule has 37 heteroatoms. The van der Waals surface area contributed by atoms with Gasteiger partial charge in [-0.3, -0.25) is 57.5 Å². The van der Waals surface area contributed by atoms with Crippen LogP contribution in [0.2, 0.25) is 0 Å². The van der Waals surface area contributed by atoms with Crippen LogP contribution < -0.4 is 63.6 Å². The lowest BCUT2D eigenvalue weighted by molar-refractivity contribution is -0.143. The van der Waals surface area contributed by atoms with Gasteiger partial charge in [-0.25, -0.2) is 9.59 Å². The van der Waals surface area contributed by atoms with Gasteiger partial charge in [0.25, 0.3) is 0 Å². The van der Waals surface area contributed by atoms with Gasteiger partial charge in [0.1, 0.15) is 77.4 Å². The van der Waals surface area contributed by atoms with E-state index in [0.29, 0.717) is 38.9 Å². The summed E-state index contributed by atoms with van der Waals surface area (Å²) in [6.07, 6.45) is -4.63. The zero-order valence-corrected chi connectivity index (χ0v) is 61.7. The van der Waals surface area contributed by atoms with Crippen molar-refractivity contribution in [2.24, 2.45) is 17.6 Å². The molecule has 10 atom stereocenters. The topological polar surface area (TPSA) is 561 Å². The van der Waals surface area contributed by atoms with Crippen LogP contribution in [0.25, 0.3) is 10.9 Å². The minimum absolute atomic E-state index is 0.0260. The van der Waals surface area contributed by atoms with E-state index in [0.717, 1.165) is 6.92 Å². The van der Waals surface area contributed by atoms with Gasteiger partial charge in [-0.2, -0.15) is 11.8 Å². The fourth-order valence-electron chi connectivity index (χ4n) is 12.3. The fourth-order valence-corrected chi connectivity index (χ4v) is 13.0. The number of benzene rings is 4. The number of anilines is 1. The van der Waals surface area contributed by atoms with Crippen LogP contribution in [-0.2, 0) is 79.1 Å². The van der Waals surface area contributed by atoms with E-state index < -0.39 is 213 Å². The molecule has 1 aromatic heterocycles. The number of ether oxygens (including phenoxy) is 2. The third-order valence-electron chi connectivity index (χ3n) is 17.8. The van der Waals surface area contributed by atoms with Gasteiger partial charge in [-0.15, -0.1) is 0 Å². The molecule has 2 aliphatic heterocycles. The Morgan fingerprint density at radius 3 is 1.49 bits per heavy atom. The lowest BCUT2D eigenvalue weighted by Gasteiger charge is -2.36. The number of nitrogens with one attached hydrogen (secondary N) is 11. The number of nitrogens with two attached hydrogens (primary N) is 1. The number of phenols is 2. The summed E-state index contributed by atoms with van der Waals surface area (Å²) in [6.45, 7) is 7.66. The minimum Gasteiger partial charge on any atom is -0.508 e. The predicted octanol–water partition coefficient (Wildman–Crippen LogP) is 1.70. The van der Waals surface area contributed by atoms with Crippen molar-refractivity contribution in [1.82, 2.24) is 52.8 Å². The van der Waals surface area contributed by atoms with Gasteiger partial charge in [0.2, 0.25) is 53.2 Å². The number of aliphatic hydroxyl groups is 1. The van der Waals surface area contributed by atoms with Gasteiger partial charge >= 0.3 is 29.8 Å².